The molecule has 3 rings (SSSR count). The van der Waals surface area contributed by atoms with Crippen LogP contribution < -0.4 is 16.1 Å². The van der Waals surface area contributed by atoms with Gasteiger partial charge in [-0.05, 0) is 28.1 Å². The van der Waals surface area contributed by atoms with Crippen LogP contribution in [0.25, 0.3) is 0 Å². The van der Waals surface area contributed by atoms with E-state index >= 15 is 0 Å². The van der Waals surface area contributed by atoms with Crippen molar-refractivity contribution in [1.82, 2.24) is 14.5 Å². The summed E-state index contributed by atoms with van der Waals surface area (Å²) in [5.74, 6) is 0.0237. The van der Waals surface area contributed by atoms with Crippen LogP contribution in [-0.2, 0) is 11.3 Å². The Kier molecular flexibility index (Phi) is 4.93. The molecule has 1 aromatic carbocycles. The van der Waals surface area contributed by atoms with Crippen LogP contribution in [0.5, 0.6) is 5.75 Å². The fourth-order valence-electron chi connectivity index (χ4n) is 2.75. The van der Waals surface area contributed by atoms with Gasteiger partial charge in [-0.1, -0.05) is 6.07 Å². The summed E-state index contributed by atoms with van der Waals surface area (Å²) in [6.45, 7) is 2.20. The van der Waals surface area contributed by atoms with Crippen LogP contribution in [0.15, 0.2) is 44.5 Å². The van der Waals surface area contributed by atoms with Crippen molar-refractivity contribution in [3.8, 4) is 5.75 Å². The van der Waals surface area contributed by atoms with E-state index in [9.17, 15) is 19.5 Å². The van der Waals surface area contributed by atoms with Gasteiger partial charge in [0.2, 0.25) is 5.91 Å². The first kappa shape index (κ1) is 17.3. The minimum absolute atomic E-state index is 0.125. The number of aromatic amines is 1. The van der Waals surface area contributed by atoms with Crippen molar-refractivity contribution >= 4 is 27.5 Å². The van der Waals surface area contributed by atoms with Crippen LogP contribution >= 0.6 is 15.9 Å². The van der Waals surface area contributed by atoms with Crippen molar-refractivity contribution in [3.05, 3.63) is 55.8 Å². The number of rotatable bonds is 3. The van der Waals surface area contributed by atoms with Crippen molar-refractivity contribution in [1.29, 1.82) is 0 Å². The zero-order valence-electron chi connectivity index (χ0n) is 13.3. The van der Waals surface area contributed by atoms with Gasteiger partial charge in [0.15, 0.2) is 0 Å². The number of aromatic nitrogens is 2. The second-order valence-corrected chi connectivity index (χ2v) is 6.61. The van der Waals surface area contributed by atoms with Crippen molar-refractivity contribution in [2.45, 2.75) is 6.54 Å². The molecule has 1 aliphatic heterocycles. The van der Waals surface area contributed by atoms with Gasteiger partial charge in [0, 0.05) is 44.1 Å². The van der Waals surface area contributed by atoms with Gasteiger partial charge in [-0.15, -0.1) is 0 Å². The SMILES string of the molecule is O=C(Cn1cc(Br)c(=O)[nH]c1=O)N1CCN(c2cccc(O)c2)CC1. The highest BCUT2D eigenvalue weighted by molar-refractivity contribution is 9.10. The Balaban J connectivity index is 1.63. The van der Waals surface area contributed by atoms with Crippen molar-refractivity contribution < 1.29 is 9.90 Å². The summed E-state index contributed by atoms with van der Waals surface area (Å²) in [7, 11) is 0. The zero-order chi connectivity index (χ0) is 18.0. The molecule has 0 atom stereocenters. The molecule has 1 saturated heterocycles. The lowest BCUT2D eigenvalue weighted by Crippen LogP contribution is -2.50. The maximum absolute atomic E-state index is 12.4. The third-order valence-corrected chi connectivity index (χ3v) is 4.67. The van der Waals surface area contributed by atoms with Crippen LogP contribution in [0, 0.1) is 0 Å². The Bertz CT molecular complexity index is 899. The predicted octanol–water partition coefficient (Wildman–Crippen LogP) is 0.353. The number of H-pyrrole nitrogens is 1. The molecule has 25 heavy (non-hydrogen) atoms. The quantitative estimate of drug-likeness (QED) is 0.763. The number of nitrogens with one attached hydrogen (secondary N) is 1. The van der Waals surface area contributed by atoms with Gasteiger partial charge < -0.3 is 14.9 Å². The molecule has 2 N–H and O–H groups in total. The number of phenols is 1. The van der Waals surface area contributed by atoms with E-state index in [1.165, 1.54) is 10.8 Å². The summed E-state index contributed by atoms with van der Waals surface area (Å²) in [6.07, 6.45) is 1.32. The van der Waals surface area contributed by atoms with Crippen LogP contribution in [0.4, 0.5) is 5.69 Å². The molecule has 0 unspecified atom stereocenters. The summed E-state index contributed by atoms with van der Waals surface area (Å²) in [6, 6.07) is 7.00. The third-order valence-electron chi connectivity index (χ3n) is 4.10. The van der Waals surface area contributed by atoms with Gasteiger partial charge >= 0.3 is 5.69 Å². The van der Waals surface area contributed by atoms with Crippen LogP contribution in [-0.4, -0.2) is 51.6 Å². The summed E-state index contributed by atoms with van der Waals surface area (Å²) in [5, 5.41) is 9.56. The number of amides is 1. The van der Waals surface area contributed by atoms with Gasteiger partial charge in [-0.2, -0.15) is 0 Å². The van der Waals surface area contributed by atoms with E-state index in [0.29, 0.717) is 26.2 Å². The number of phenolic OH excluding ortho intramolecular Hbond substituents is 1. The second-order valence-electron chi connectivity index (χ2n) is 5.75. The van der Waals surface area contributed by atoms with Gasteiger partial charge in [0.05, 0.1) is 4.47 Å². The number of nitrogens with zero attached hydrogens (tertiary/aromatic N) is 3. The Labute approximate surface area is 151 Å². The summed E-state index contributed by atoms with van der Waals surface area (Å²) in [5.41, 5.74) is -0.221. The molecule has 0 radical (unpaired) electrons. The first-order valence-corrected chi connectivity index (χ1v) is 8.54. The Morgan fingerprint density at radius 3 is 2.60 bits per heavy atom. The highest BCUT2D eigenvalue weighted by atomic mass is 79.9. The Morgan fingerprint density at radius 2 is 1.92 bits per heavy atom. The van der Waals surface area contributed by atoms with Crippen molar-refractivity contribution in [2.24, 2.45) is 0 Å². The first-order valence-electron chi connectivity index (χ1n) is 7.75. The van der Waals surface area contributed by atoms with Gasteiger partial charge in [-0.25, -0.2) is 4.79 Å². The van der Waals surface area contributed by atoms with Crippen LogP contribution in [0.2, 0.25) is 0 Å². The average molecular weight is 409 g/mol. The topological polar surface area (TPSA) is 98.6 Å². The monoisotopic (exact) mass is 408 g/mol. The summed E-state index contributed by atoms with van der Waals surface area (Å²) >= 11 is 3.05. The van der Waals surface area contributed by atoms with Gasteiger partial charge in [-0.3, -0.25) is 19.1 Å². The maximum atomic E-state index is 12.4. The maximum Gasteiger partial charge on any atom is 0.328 e. The number of benzene rings is 1. The molecule has 2 heterocycles. The molecule has 0 aliphatic carbocycles. The van der Waals surface area contributed by atoms with E-state index in [0.717, 1.165) is 5.69 Å². The summed E-state index contributed by atoms with van der Waals surface area (Å²) in [4.78, 5) is 41.4. The Morgan fingerprint density at radius 1 is 1.20 bits per heavy atom. The second kappa shape index (κ2) is 7.14. The van der Waals surface area contributed by atoms with Crippen LogP contribution in [0.1, 0.15) is 0 Å². The average Bonchev–Trinajstić information content (AvgIpc) is 2.60. The fraction of sp³-hybridized carbons (Fsp3) is 0.312. The molecule has 0 bridgehead atoms. The first-order chi connectivity index (χ1) is 11.9. The number of aromatic hydroxyl groups is 1. The molecule has 1 aliphatic rings. The van der Waals surface area contributed by atoms with E-state index in [1.807, 2.05) is 6.07 Å². The lowest BCUT2D eigenvalue weighted by molar-refractivity contribution is -0.132. The number of hydrogen-bond acceptors (Lipinski definition) is 5. The molecular weight excluding hydrogens is 392 g/mol. The fourth-order valence-corrected chi connectivity index (χ4v) is 3.10. The number of halogens is 1. The van der Waals surface area contributed by atoms with Gasteiger partial charge in [0.25, 0.3) is 5.56 Å². The molecule has 8 nitrogen and oxygen atoms in total. The smallest absolute Gasteiger partial charge is 0.328 e. The van der Waals surface area contributed by atoms with Crippen LogP contribution in [0.3, 0.4) is 0 Å². The molecule has 1 amide bonds. The van der Waals surface area contributed by atoms with Crippen molar-refractivity contribution in [2.75, 3.05) is 31.1 Å². The van der Waals surface area contributed by atoms with E-state index in [-0.39, 0.29) is 22.7 Å². The highest BCUT2D eigenvalue weighted by Gasteiger charge is 2.22. The van der Waals surface area contributed by atoms with E-state index < -0.39 is 11.2 Å². The highest BCUT2D eigenvalue weighted by Crippen LogP contribution is 2.21. The van der Waals surface area contributed by atoms with E-state index in [2.05, 4.69) is 25.8 Å². The molecular formula is C16H17BrN4O4. The molecule has 2 aromatic rings. The number of anilines is 1. The zero-order valence-corrected chi connectivity index (χ0v) is 14.9. The van der Waals surface area contributed by atoms with E-state index in [4.69, 9.17) is 0 Å². The molecule has 1 fully saturated rings. The third kappa shape index (κ3) is 3.93. The number of hydrogen-bond donors (Lipinski definition) is 2. The van der Waals surface area contributed by atoms with E-state index in [1.54, 1.807) is 23.1 Å². The standard InChI is InChI=1S/C16H17BrN4O4/c17-13-9-21(16(25)18-15(13)24)10-14(23)20-6-4-19(5-7-20)11-2-1-3-12(22)8-11/h1-3,8-9,22H,4-7,10H2,(H,18,24,25). The molecule has 9 heteroatoms. The number of carbonyl (C=O) groups is 1. The predicted molar refractivity (Wildman–Crippen MR) is 95.9 cm³/mol. The minimum Gasteiger partial charge on any atom is -0.508 e. The Hall–Kier alpha value is -2.55. The summed E-state index contributed by atoms with van der Waals surface area (Å²) < 4.78 is 1.38. The normalized spacial score (nSPS) is 14.6. The molecule has 1 aromatic heterocycles. The number of piperazine rings is 1. The van der Waals surface area contributed by atoms with Gasteiger partial charge in [0.1, 0.15) is 12.3 Å². The molecule has 0 saturated carbocycles. The largest absolute Gasteiger partial charge is 0.508 e. The molecule has 132 valence electrons. The number of carbonyl (C=O) groups excluding carboxylic acids is 1. The van der Waals surface area contributed by atoms with Crippen molar-refractivity contribution in [3.63, 3.8) is 0 Å². The lowest BCUT2D eigenvalue weighted by Gasteiger charge is -2.36. The lowest BCUT2D eigenvalue weighted by atomic mass is 10.2. The molecule has 0 spiro atoms. The minimum atomic E-state index is -0.611.